The second-order valence-electron chi connectivity index (χ2n) is 3.10. The highest BCUT2D eigenvalue weighted by molar-refractivity contribution is 5.18. The Morgan fingerprint density at radius 2 is 2.07 bits per heavy atom. The number of aliphatic hydroxyl groups is 1. The van der Waals surface area contributed by atoms with Gasteiger partial charge < -0.3 is 15.2 Å². The molecule has 1 aromatic rings. The Bertz CT molecular complexity index is 238. The summed E-state index contributed by atoms with van der Waals surface area (Å²) in [5, 5.41) is 11.9. The lowest BCUT2D eigenvalue weighted by atomic mass is 10.1. The molecule has 3 heteroatoms. The second-order valence-corrected chi connectivity index (χ2v) is 3.10. The average molecular weight is 195 g/mol. The highest BCUT2D eigenvalue weighted by Gasteiger charge is 2.08. The van der Waals surface area contributed by atoms with Crippen molar-refractivity contribution < 1.29 is 9.84 Å². The predicted octanol–water partition coefficient (Wildman–Crippen LogP) is 0.956. The minimum Gasteiger partial charge on any atom is -0.395 e. The quantitative estimate of drug-likeness (QED) is 0.710. The molecule has 0 heterocycles. The molecule has 14 heavy (non-hydrogen) atoms. The molecule has 0 amide bonds. The summed E-state index contributed by atoms with van der Waals surface area (Å²) < 4.78 is 5.11. The first-order valence-electron chi connectivity index (χ1n) is 4.76. The topological polar surface area (TPSA) is 41.5 Å². The van der Waals surface area contributed by atoms with Crippen molar-refractivity contribution in [3.63, 3.8) is 0 Å². The monoisotopic (exact) mass is 195 g/mol. The van der Waals surface area contributed by atoms with Crippen LogP contribution in [0.5, 0.6) is 0 Å². The van der Waals surface area contributed by atoms with Gasteiger partial charge in [0.1, 0.15) is 0 Å². The number of benzene rings is 1. The summed E-state index contributed by atoms with van der Waals surface area (Å²) in [4.78, 5) is 0. The summed E-state index contributed by atoms with van der Waals surface area (Å²) >= 11 is 0. The Labute approximate surface area is 84.7 Å². The van der Waals surface area contributed by atoms with Crippen molar-refractivity contribution >= 4 is 0 Å². The van der Waals surface area contributed by atoms with Crippen molar-refractivity contribution in [3.8, 4) is 0 Å². The third-order valence-corrected chi connectivity index (χ3v) is 2.04. The lowest BCUT2D eigenvalue weighted by Crippen LogP contribution is -2.27. The van der Waals surface area contributed by atoms with E-state index in [1.165, 1.54) is 5.56 Å². The van der Waals surface area contributed by atoms with Crippen LogP contribution in [0.1, 0.15) is 11.6 Å². The number of aliphatic hydroxyl groups excluding tert-OH is 1. The standard InChI is InChI=1S/C11H17NO2/c1-14-9-11(12-7-8-13)10-5-3-2-4-6-10/h2-6,11-13H,7-9H2,1H3. The maximum absolute atomic E-state index is 8.73. The molecule has 2 N–H and O–H groups in total. The minimum atomic E-state index is 0.146. The van der Waals surface area contributed by atoms with E-state index in [0.29, 0.717) is 13.2 Å². The van der Waals surface area contributed by atoms with Gasteiger partial charge in [-0.15, -0.1) is 0 Å². The van der Waals surface area contributed by atoms with Crippen molar-refractivity contribution in [2.75, 3.05) is 26.9 Å². The molecule has 0 aliphatic carbocycles. The molecule has 78 valence electrons. The highest BCUT2D eigenvalue weighted by atomic mass is 16.5. The van der Waals surface area contributed by atoms with E-state index in [2.05, 4.69) is 5.32 Å². The van der Waals surface area contributed by atoms with Crippen LogP contribution in [0.25, 0.3) is 0 Å². The van der Waals surface area contributed by atoms with E-state index in [-0.39, 0.29) is 12.6 Å². The molecule has 0 saturated carbocycles. The van der Waals surface area contributed by atoms with Gasteiger partial charge in [-0.1, -0.05) is 30.3 Å². The van der Waals surface area contributed by atoms with E-state index in [1.807, 2.05) is 30.3 Å². The summed E-state index contributed by atoms with van der Waals surface area (Å²) in [6, 6.07) is 10.2. The van der Waals surface area contributed by atoms with E-state index < -0.39 is 0 Å². The fraction of sp³-hybridized carbons (Fsp3) is 0.455. The zero-order valence-electron chi connectivity index (χ0n) is 8.44. The summed E-state index contributed by atoms with van der Waals surface area (Å²) in [7, 11) is 1.68. The SMILES string of the molecule is COCC(NCCO)c1ccccc1. The Morgan fingerprint density at radius 1 is 1.36 bits per heavy atom. The van der Waals surface area contributed by atoms with Crippen LogP contribution in [0.3, 0.4) is 0 Å². The van der Waals surface area contributed by atoms with Crippen molar-refractivity contribution in [1.29, 1.82) is 0 Å². The molecular weight excluding hydrogens is 178 g/mol. The average Bonchev–Trinajstić information content (AvgIpc) is 2.25. The van der Waals surface area contributed by atoms with Gasteiger partial charge in [0, 0.05) is 13.7 Å². The van der Waals surface area contributed by atoms with Crippen molar-refractivity contribution in [1.82, 2.24) is 5.32 Å². The third kappa shape index (κ3) is 3.46. The molecule has 1 rings (SSSR count). The third-order valence-electron chi connectivity index (χ3n) is 2.04. The molecule has 0 aromatic heterocycles. The van der Waals surface area contributed by atoms with Gasteiger partial charge >= 0.3 is 0 Å². The molecule has 1 aromatic carbocycles. The number of hydrogen-bond acceptors (Lipinski definition) is 3. The van der Waals surface area contributed by atoms with E-state index in [4.69, 9.17) is 9.84 Å². The summed E-state index contributed by atoms with van der Waals surface area (Å²) in [5.74, 6) is 0. The number of hydrogen-bond donors (Lipinski definition) is 2. The number of rotatable bonds is 6. The molecule has 1 unspecified atom stereocenters. The molecule has 0 saturated heterocycles. The Morgan fingerprint density at radius 3 is 2.64 bits per heavy atom. The van der Waals surface area contributed by atoms with E-state index >= 15 is 0 Å². The van der Waals surface area contributed by atoms with Crippen molar-refractivity contribution in [2.24, 2.45) is 0 Å². The van der Waals surface area contributed by atoms with Crippen LogP contribution < -0.4 is 5.32 Å². The van der Waals surface area contributed by atoms with Gasteiger partial charge in [-0.3, -0.25) is 0 Å². The van der Waals surface area contributed by atoms with Gasteiger partial charge in [-0.2, -0.15) is 0 Å². The van der Waals surface area contributed by atoms with Crippen LogP contribution in [0.2, 0.25) is 0 Å². The number of ether oxygens (including phenoxy) is 1. The predicted molar refractivity (Wildman–Crippen MR) is 56.1 cm³/mol. The fourth-order valence-electron chi connectivity index (χ4n) is 1.36. The number of methoxy groups -OCH3 is 1. The molecule has 3 nitrogen and oxygen atoms in total. The first kappa shape index (κ1) is 11.2. The van der Waals surface area contributed by atoms with Gasteiger partial charge in [-0.05, 0) is 5.56 Å². The zero-order chi connectivity index (χ0) is 10.2. The van der Waals surface area contributed by atoms with Gasteiger partial charge in [0.2, 0.25) is 0 Å². The lowest BCUT2D eigenvalue weighted by Gasteiger charge is -2.17. The molecule has 0 aliphatic rings. The van der Waals surface area contributed by atoms with Crippen LogP contribution in [-0.2, 0) is 4.74 Å². The van der Waals surface area contributed by atoms with Crippen LogP contribution in [0.15, 0.2) is 30.3 Å². The van der Waals surface area contributed by atoms with Crippen LogP contribution >= 0.6 is 0 Å². The van der Waals surface area contributed by atoms with Gasteiger partial charge in [0.15, 0.2) is 0 Å². The molecule has 0 fully saturated rings. The van der Waals surface area contributed by atoms with Crippen molar-refractivity contribution in [2.45, 2.75) is 6.04 Å². The first-order chi connectivity index (χ1) is 6.88. The van der Waals surface area contributed by atoms with Crippen molar-refractivity contribution in [3.05, 3.63) is 35.9 Å². The zero-order valence-corrected chi connectivity index (χ0v) is 8.44. The molecule has 0 spiro atoms. The summed E-state index contributed by atoms with van der Waals surface area (Å²) in [6.07, 6.45) is 0. The molecular formula is C11H17NO2. The fourth-order valence-corrected chi connectivity index (χ4v) is 1.36. The molecule has 1 atom stereocenters. The largest absolute Gasteiger partial charge is 0.395 e. The normalized spacial score (nSPS) is 12.7. The second kappa shape index (κ2) is 6.54. The van der Waals surface area contributed by atoms with E-state index in [0.717, 1.165) is 0 Å². The Balaban J connectivity index is 2.58. The van der Waals surface area contributed by atoms with Gasteiger partial charge in [0.05, 0.1) is 19.3 Å². The summed E-state index contributed by atoms with van der Waals surface area (Å²) in [6.45, 7) is 1.35. The van der Waals surface area contributed by atoms with Gasteiger partial charge in [0.25, 0.3) is 0 Å². The number of nitrogens with one attached hydrogen (secondary N) is 1. The van der Waals surface area contributed by atoms with E-state index in [9.17, 15) is 0 Å². The Hall–Kier alpha value is -0.900. The minimum absolute atomic E-state index is 0.146. The van der Waals surface area contributed by atoms with Crippen LogP contribution in [0, 0.1) is 0 Å². The van der Waals surface area contributed by atoms with E-state index in [1.54, 1.807) is 7.11 Å². The lowest BCUT2D eigenvalue weighted by molar-refractivity contribution is 0.162. The van der Waals surface area contributed by atoms with Crippen LogP contribution in [0.4, 0.5) is 0 Å². The Kier molecular flexibility index (Phi) is 5.22. The first-order valence-corrected chi connectivity index (χ1v) is 4.76. The highest BCUT2D eigenvalue weighted by Crippen LogP contribution is 2.11. The van der Waals surface area contributed by atoms with Crippen LogP contribution in [-0.4, -0.2) is 32.0 Å². The molecule has 0 aliphatic heterocycles. The molecule has 0 radical (unpaired) electrons. The summed E-state index contributed by atoms with van der Waals surface area (Å²) in [5.41, 5.74) is 1.18. The smallest absolute Gasteiger partial charge is 0.0657 e. The maximum atomic E-state index is 8.73. The van der Waals surface area contributed by atoms with Gasteiger partial charge in [-0.25, -0.2) is 0 Å². The molecule has 0 bridgehead atoms. The maximum Gasteiger partial charge on any atom is 0.0657 e.